The second kappa shape index (κ2) is 7.27. The zero-order chi connectivity index (χ0) is 15.9. The summed E-state index contributed by atoms with van der Waals surface area (Å²) < 4.78 is 4.64. The fourth-order valence-corrected chi connectivity index (χ4v) is 2.36. The molecule has 1 aromatic rings. The van der Waals surface area contributed by atoms with E-state index in [-0.39, 0.29) is 18.1 Å². The molecule has 1 aliphatic rings. The van der Waals surface area contributed by atoms with E-state index < -0.39 is 12.0 Å². The van der Waals surface area contributed by atoms with Gasteiger partial charge in [-0.1, -0.05) is 0 Å². The molecule has 8 nitrogen and oxygen atoms in total. The molecule has 0 saturated carbocycles. The highest BCUT2D eigenvalue weighted by Gasteiger charge is 2.18. The van der Waals surface area contributed by atoms with Crippen molar-refractivity contribution < 1.29 is 19.1 Å². The summed E-state index contributed by atoms with van der Waals surface area (Å²) in [5, 5.41) is 6.69. The summed E-state index contributed by atoms with van der Waals surface area (Å²) in [6.45, 7) is 1.79. The van der Waals surface area contributed by atoms with Gasteiger partial charge in [0, 0.05) is 12.4 Å². The lowest BCUT2D eigenvalue weighted by atomic mass is 10.2. The Balaban J connectivity index is 2.04. The van der Waals surface area contributed by atoms with Gasteiger partial charge in [-0.3, -0.25) is 14.9 Å². The summed E-state index contributed by atoms with van der Waals surface area (Å²) in [6, 6.07) is 1.51. The molecule has 116 valence electrons. The van der Waals surface area contributed by atoms with E-state index in [2.05, 4.69) is 26.2 Å². The van der Waals surface area contributed by atoms with E-state index in [0.29, 0.717) is 10.6 Å². The van der Waals surface area contributed by atoms with E-state index in [0.717, 1.165) is 0 Å². The number of alkyl carbamates (subject to hydrolysis) is 1. The predicted octanol–water partition coefficient (Wildman–Crippen LogP) is 1.08. The smallest absolute Gasteiger partial charge is 0.414 e. The molecule has 0 bridgehead atoms. The Bertz CT molecular complexity index is 650. The van der Waals surface area contributed by atoms with Crippen molar-refractivity contribution in [1.82, 2.24) is 16.2 Å². The molecule has 0 atom stereocenters. The van der Waals surface area contributed by atoms with E-state index in [4.69, 9.17) is 0 Å². The monoisotopic (exact) mass is 322 g/mol. The Labute approximate surface area is 130 Å². The molecule has 2 heterocycles. The number of ether oxygens (including phenoxy) is 1. The van der Waals surface area contributed by atoms with E-state index in [1.807, 2.05) is 0 Å². The Morgan fingerprint density at radius 3 is 2.77 bits per heavy atom. The Hall–Kier alpha value is -2.81. The topological polar surface area (TPSA) is 109 Å². The van der Waals surface area contributed by atoms with E-state index in [1.54, 1.807) is 24.6 Å². The van der Waals surface area contributed by atoms with Gasteiger partial charge in [-0.25, -0.2) is 4.79 Å². The summed E-state index contributed by atoms with van der Waals surface area (Å²) in [7, 11) is 0. The standard InChI is InChI=1S/C13H14N4O4S/c1-2-21-13(20)17-11(19)9-4-6-22-12(9)16-10(18)8-3-5-14-15-7-8/h3-7,14-15H,2H2,1H3,(H,16,18)(H,17,19,20). The average molecular weight is 322 g/mol. The van der Waals surface area contributed by atoms with Crippen molar-refractivity contribution in [3.05, 3.63) is 41.1 Å². The number of carbonyl (C=O) groups is 3. The molecule has 0 aliphatic carbocycles. The minimum absolute atomic E-state index is 0.161. The highest BCUT2D eigenvalue weighted by Crippen LogP contribution is 2.24. The van der Waals surface area contributed by atoms with Crippen LogP contribution in [0.4, 0.5) is 9.80 Å². The second-order valence-corrected chi connectivity index (χ2v) is 4.93. The van der Waals surface area contributed by atoms with Crippen molar-refractivity contribution in [2.75, 3.05) is 11.9 Å². The molecule has 3 amide bonds. The van der Waals surface area contributed by atoms with Gasteiger partial charge >= 0.3 is 6.09 Å². The third-order valence-corrected chi connectivity index (χ3v) is 3.38. The Morgan fingerprint density at radius 2 is 2.09 bits per heavy atom. The van der Waals surface area contributed by atoms with Crippen LogP contribution in [-0.2, 0) is 9.53 Å². The third-order valence-electron chi connectivity index (χ3n) is 2.55. The molecule has 4 N–H and O–H groups in total. The molecule has 0 unspecified atom stereocenters. The quantitative estimate of drug-likeness (QED) is 0.660. The van der Waals surface area contributed by atoms with Gasteiger partial charge in [0.05, 0.1) is 17.7 Å². The van der Waals surface area contributed by atoms with Gasteiger partial charge in [-0.2, -0.15) is 0 Å². The molecule has 0 fully saturated rings. The number of hydrazine groups is 1. The van der Waals surface area contributed by atoms with E-state index >= 15 is 0 Å². The number of carbonyl (C=O) groups excluding carboxylic acids is 3. The van der Waals surface area contributed by atoms with Crippen LogP contribution in [-0.4, -0.2) is 24.5 Å². The van der Waals surface area contributed by atoms with Crippen molar-refractivity contribution in [2.45, 2.75) is 6.92 Å². The summed E-state index contributed by atoms with van der Waals surface area (Å²) in [6.07, 6.45) is 3.81. The van der Waals surface area contributed by atoms with Crippen LogP contribution >= 0.6 is 11.3 Å². The van der Waals surface area contributed by atoms with Crippen LogP contribution in [0.5, 0.6) is 0 Å². The van der Waals surface area contributed by atoms with Gasteiger partial charge in [-0.15, -0.1) is 11.3 Å². The van der Waals surface area contributed by atoms with Crippen molar-refractivity contribution in [3.63, 3.8) is 0 Å². The molecule has 9 heteroatoms. The van der Waals surface area contributed by atoms with Gasteiger partial charge in [0.15, 0.2) is 0 Å². The maximum absolute atomic E-state index is 12.0. The first-order valence-electron chi connectivity index (χ1n) is 6.36. The fraction of sp³-hybridized carbons (Fsp3) is 0.154. The van der Waals surface area contributed by atoms with Crippen LogP contribution in [0.1, 0.15) is 17.3 Å². The van der Waals surface area contributed by atoms with Gasteiger partial charge < -0.3 is 20.9 Å². The lowest BCUT2D eigenvalue weighted by Crippen LogP contribution is -2.31. The second-order valence-electron chi connectivity index (χ2n) is 4.01. The number of anilines is 1. The number of rotatable bonds is 4. The zero-order valence-corrected chi connectivity index (χ0v) is 12.5. The van der Waals surface area contributed by atoms with Crippen LogP contribution in [0.25, 0.3) is 0 Å². The average Bonchev–Trinajstić information content (AvgIpc) is 2.96. The molecule has 2 rings (SSSR count). The first kappa shape index (κ1) is 15.6. The maximum atomic E-state index is 12.0. The SMILES string of the molecule is CCOC(=O)NC(=O)c1ccsc1NC(=O)C1=CNNC=C1. The molecule has 0 aromatic carbocycles. The summed E-state index contributed by atoms with van der Waals surface area (Å²) in [5.74, 6) is -1.01. The van der Waals surface area contributed by atoms with E-state index in [9.17, 15) is 14.4 Å². The Kier molecular flexibility index (Phi) is 5.15. The number of nitrogens with one attached hydrogen (secondary N) is 4. The molecule has 1 aliphatic heterocycles. The highest BCUT2D eigenvalue weighted by molar-refractivity contribution is 7.14. The molecular formula is C13H14N4O4S. The van der Waals surface area contributed by atoms with Crippen molar-refractivity contribution >= 4 is 34.2 Å². The predicted molar refractivity (Wildman–Crippen MR) is 80.9 cm³/mol. The highest BCUT2D eigenvalue weighted by atomic mass is 32.1. The lowest BCUT2D eigenvalue weighted by molar-refractivity contribution is -0.112. The minimum Gasteiger partial charge on any atom is -0.450 e. The van der Waals surface area contributed by atoms with Gasteiger partial charge in [0.25, 0.3) is 11.8 Å². The molecule has 0 radical (unpaired) electrons. The summed E-state index contributed by atoms with van der Waals surface area (Å²) >= 11 is 1.18. The van der Waals surface area contributed by atoms with Crippen LogP contribution in [0.15, 0.2) is 35.5 Å². The van der Waals surface area contributed by atoms with Crippen LogP contribution < -0.4 is 21.5 Å². The van der Waals surface area contributed by atoms with Crippen LogP contribution in [0, 0.1) is 0 Å². The van der Waals surface area contributed by atoms with Crippen molar-refractivity contribution in [3.8, 4) is 0 Å². The summed E-state index contributed by atoms with van der Waals surface area (Å²) in [5.41, 5.74) is 5.95. The fourth-order valence-electron chi connectivity index (χ4n) is 1.58. The molecule has 0 spiro atoms. The van der Waals surface area contributed by atoms with Crippen LogP contribution in [0.3, 0.4) is 0 Å². The van der Waals surface area contributed by atoms with E-state index in [1.165, 1.54) is 23.6 Å². The molecular weight excluding hydrogens is 308 g/mol. The first-order valence-corrected chi connectivity index (χ1v) is 7.24. The van der Waals surface area contributed by atoms with Crippen molar-refractivity contribution in [1.29, 1.82) is 0 Å². The number of imide groups is 1. The van der Waals surface area contributed by atoms with Gasteiger partial charge in [0.1, 0.15) is 5.00 Å². The molecule has 1 aromatic heterocycles. The van der Waals surface area contributed by atoms with Crippen molar-refractivity contribution in [2.24, 2.45) is 0 Å². The Morgan fingerprint density at radius 1 is 1.27 bits per heavy atom. The van der Waals surface area contributed by atoms with Gasteiger partial charge in [-0.05, 0) is 24.4 Å². The number of hydrogen-bond donors (Lipinski definition) is 4. The van der Waals surface area contributed by atoms with Crippen LogP contribution in [0.2, 0.25) is 0 Å². The number of hydrogen-bond acceptors (Lipinski definition) is 7. The maximum Gasteiger partial charge on any atom is 0.414 e. The third kappa shape index (κ3) is 3.85. The summed E-state index contributed by atoms with van der Waals surface area (Å²) in [4.78, 5) is 35.3. The first-order chi connectivity index (χ1) is 10.6. The molecule has 22 heavy (non-hydrogen) atoms. The lowest BCUT2D eigenvalue weighted by Gasteiger charge is -2.10. The number of amides is 3. The molecule has 0 saturated heterocycles. The zero-order valence-electron chi connectivity index (χ0n) is 11.6. The minimum atomic E-state index is -0.829. The largest absolute Gasteiger partial charge is 0.450 e. The normalized spacial score (nSPS) is 12.5. The van der Waals surface area contributed by atoms with Gasteiger partial charge in [0.2, 0.25) is 0 Å². The number of thiophene rings is 1.